The number of amides is 1. The number of hydrogen-bond donors (Lipinski definition) is 2. The number of methoxy groups -OCH3 is 1. The molecule has 1 amide bonds. The van der Waals surface area contributed by atoms with Crippen molar-refractivity contribution in [3.05, 3.63) is 23.3 Å². The van der Waals surface area contributed by atoms with Crippen molar-refractivity contribution in [1.82, 2.24) is 4.90 Å². The largest absolute Gasteiger partial charge is 0.504 e. The van der Waals surface area contributed by atoms with Gasteiger partial charge >= 0.3 is 12.1 Å². The Kier molecular flexibility index (Phi) is 4.53. The number of likely N-dealkylation sites (tertiary alicyclic amines) is 1. The first-order valence-electron chi connectivity index (χ1n) is 12.8. The van der Waals surface area contributed by atoms with Crippen molar-refractivity contribution in [3.8, 4) is 11.5 Å². The van der Waals surface area contributed by atoms with E-state index in [1.165, 1.54) is 6.07 Å². The second kappa shape index (κ2) is 6.70. The fraction of sp³-hybridized carbons (Fsp3) is 0.741. The Balaban J connectivity index is 1.63. The highest BCUT2D eigenvalue weighted by atomic mass is 19.4. The Labute approximate surface area is 208 Å². The number of fused-ring (bicyclic) bond motifs is 2. The molecule has 4 aliphatic carbocycles. The lowest BCUT2D eigenvalue weighted by molar-refractivity contribution is -0.312. The molecule has 2 heterocycles. The van der Waals surface area contributed by atoms with Crippen LogP contribution in [0.4, 0.5) is 13.2 Å². The van der Waals surface area contributed by atoms with E-state index >= 15 is 0 Å². The molecule has 4 bridgehead atoms. The van der Waals surface area contributed by atoms with Gasteiger partial charge in [-0.2, -0.15) is 13.2 Å². The van der Waals surface area contributed by atoms with E-state index in [1.807, 2.05) is 20.8 Å². The van der Waals surface area contributed by atoms with Crippen molar-refractivity contribution in [2.75, 3.05) is 13.7 Å². The van der Waals surface area contributed by atoms with E-state index in [0.717, 1.165) is 16.0 Å². The van der Waals surface area contributed by atoms with Gasteiger partial charge in [0.15, 0.2) is 11.5 Å². The highest BCUT2D eigenvalue weighted by Gasteiger charge is 2.83. The number of phenols is 1. The summed E-state index contributed by atoms with van der Waals surface area (Å²) in [5.41, 5.74) is -2.47. The van der Waals surface area contributed by atoms with Gasteiger partial charge in [-0.1, -0.05) is 26.8 Å². The Morgan fingerprint density at radius 3 is 2.47 bits per heavy atom. The minimum absolute atomic E-state index is 0.00436. The standard InChI is InChI=1S/C27H34F3NO5/c1-22(2,3)23(4,34)16-13-24-8-9-26(16,35-5)20-25(24)10-11-31(21(33)27(28,29)30)17(24)12-14-6-7-15(32)19(36-20)18(14)25/h6-7,16-17,20,32,34H,8-13H2,1-5H3/t16-,17-,20-,23?,24-,25+,26-/m1/s1. The van der Waals surface area contributed by atoms with Crippen LogP contribution in [-0.4, -0.2) is 64.2 Å². The number of aliphatic hydroxyl groups is 1. The van der Waals surface area contributed by atoms with Crippen molar-refractivity contribution in [3.63, 3.8) is 0 Å². The van der Waals surface area contributed by atoms with Crippen LogP contribution in [0.15, 0.2) is 12.1 Å². The maximum Gasteiger partial charge on any atom is 0.471 e. The molecule has 0 radical (unpaired) electrons. The van der Waals surface area contributed by atoms with Crippen molar-refractivity contribution < 1.29 is 37.7 Å². The van der Waals surface area contributed by atoms with Crippen LogP contribution in [0, 0.1) is 16.7 Å². The Hall–Kier alpha value is -2.00. The monoisotopic (exact) mass is 509 g/mol. The fourth-order valence-corrected chi connectivity index (χ4v) is 9.04. The summed E-state index contributed by atoms with van der Waals surface area (Å²) in [7, 11) is 1.62. The second-order valence-corrected chi connectivity index (χ2v) is 12.9. The number of carbonyl (C=O) groups is 1. The third kappa shape index (κ3) is 2.45. The third-order valence-electron chi connectivity index (χ3n) is 11.1. The van der Waals surface area contributed by atoms with Crippen LogP contribution in [0.2, 0.25) is 0 Å². The van der Waals surface area contributed by atoms with Gasteiger partial charge < -0.3 is 24.6 Å². The summed E-state index contributed by atoms with van der Waals surface area (Å²) in [5.74, 6) is -1.87. The average molecular weight is 510 g/mol. The summed E-state index contributed by atoms with van der Waals surface area (Å²) in [4.78, 5) is 13.8. The molecule has 2 aliphatic heterocycles. The smallest absolute Gasteiger partial charge is 0.471 e. The molecule has 0 aromatic heterocycles. The molecule has 1 unspecified atom stereocenters. The summed E-state index contributed by atoms with van der Waals surface area (Å²) in [6.07, 6.45) is -3.57. The molecule has 2 spiro atoms. The Bertz CT molecular complexity index is 1160. The number of piperidine rings is 1. The number of rotatable bonds is 2. The fourth-order valence-electron chi connectivity index (χ4n) is 9.04. The summed E-state index contributed by atoms with van der Waals surface area (Å²) in [6, 6.07) is 2.59. The lowest BCUT2D eigenvalue weighted by atomic mass is 9.33. The molecule has 1 saturated heterocycles. The number of halogens is 3. The molecule has 9 heteroatoms. The summed E-state index contributed by atoms with van der Waals surface area (Å²) < 4.78 is 54.3. The second-order valence-electron chi connectivity index (χ2n) is 12.9. The number of phenolic OH excluding ortho intramolecular Hbond substituents is 1. The molecule has 198 valence electrons. The highest BCUT2D eigenvalue weighted by molar-refractivity contribution is 5.83. The van der Waals surface area contributed by atoms with Crippen LogP contribution < -0.4 is 4.74 Å². The number of aromatic hydroxyl groups is 1. The van der Waals surface area contributed by atoms with Crippen LogP contribution in [-0.2, 0) is 21.4 Å². The number of hydrogen-bond acceptors (Lipinski definition) is 5. The molecular weight excluding hydrogens is 475 g/mol. The molecule has 4 fully saturated rings. The van der Waals surface area contributed by atoms with Crippen molar-refractivity contribution in [2.24, 2.45) is 16.7 Å². The van der Waals surface area contributed by atoms with Crippen molar-refractivity contribution in [1.29, 1.82) is 0 Å². The van der Waals surface area contributed by atoms with E-state index in [4.69, 9.17) is 9.47 Å². The molecule has 36 heavy (non-hydrogen) atoms. The predicted octanol–water partition coefficient (Wildman–Crippen LogP) is 4.09. The first kappa shape index (κ1) is 24.3. The van der Waals surface area contributed by atoms with Crippen LogP contribution in [0.1, 0.15) is 64.5 Å². The lowest BCUT2D eigenvalue weighted by Crippen LogP contribution is -2.83. The minimum atomic E-state index is -4.97. The van der Waals surface area contributed by atoms with Crippen LogP contribution in [0.3, 0.4) is 0 Å². The molecule has 1 aromatic carbocycles. The van der Waals surface area contributed by atoms with Gasteiger partial charge in [-0.05, 0) is 56.1 Å². The molecule has 6 nitrogen and oxygen atoms in total. The van der Waals surface area contributed by atoms with Gasteiger partial charge in [0.25, 0.3) is 0 Å². The number of carbonyl (C=O) groups excluding carboxylic acids is 1. The van der Waals surface area contributed by atoms with Crippen LogP contribution >= 0.6 is 0 Å². The summed E-state index contributed by atoms with van der Waals surface area (Å²) in [5, 5.41) is 22.9. The van der Waals surface area contributed by atoms with E-state index in [9.17, 15) is 28.2 Å². The molecule has 7 atom stereocenters. The normalized spacial score (nSPS) is 39.9. The molecule has 2 N–H and O–H groups in total. The third-order valence-corrected chi connectivity index (χ3v) is 11.1. The van der Waals surface area contributed by atoms with E-state index in [1.54, 1.807) is 20.1 Å². The van der Waals surface area contributed by atoms with Crippen molar-refractivity contribution >= 4 is 5.91 Å². The van der Waals surface area contributed by atoms with Gasteiger partial charge in [0, 0.05) is 42.0 Å². The topological polar surface area (TPSA) is 79.2 Å². The van der Waals surface area contributed by atoms with Crippen LogP contribution in [0.25, 0.3) is 0 Å². The zero-order valence-corrected chi connectivity index (χ0v) is 21.3. The number of ether oxygens (including phenoxy) is 2. The molecule has 1 aromatic rings. The van der Waals surface area contributed by atoms with Gasteiger partial charge in [-0.15, -0.1) is 0 Å². The lowest BCUT2D eigenvalue weighted by Gasteiger charge is -2.75. The highest BCUT2D eigenvalue weighted by Crippen LogP contribution is 2.78. The van der Waals surface area contributed by atoms with E-state index < -0.39 is 57.6 Å². The zero-order chi connectivity index (χ0) is 26.3. The van der Waals surface area contributed by atoms with Gasteiger partial charge in [0.2, 0.25) is 0 Å². The van der Waals surface area contributed by atoms with Crippen LogP contribution in [0.5, 0.6) is 11.5 Å². The molecule has 3 saturated carbocycles. The number of alkyl halides is 3. The molecule has 6 aliphatic rings. The zero-order valence-electron chi connectivity index (χ0n) is 21.3. The van der Waals surface area contributed by atoms with Crippen molar-refractivity contribution in [2.45, 2.75) is 94.7 Å². The average Bonchev–Trinajstić information content (AvgIpc) is 3.16. The maximum atomic E-state index is 13.8. The van der Waals surface area contributed by atoms with E-state index in [-0.39, 0.29) is 25.1 Å². The molecular formula is C27H34F3NO5. The summed E-state index contributed by atoms with van der Waals surface area (Å²) >= 11 is 0. The SMILES string of the molecule is CO[C@]12CC[C@@]3(C[C@@H]1C(C)(O)C(C)(C)C)[C@H]1Cc4ccc(O)c5c4[C@@]3(CCN1C(=O)C(F)(F)F)[C@H]2O5. The van der Waals surface area contributed by atoms with E-state index in [2.05, 4.69) is 0 Å². The number of nitrogens with zero attached hydrogens (tertiary/aromatic N) is 1. The number of benzene rings is 1. The predicted molar refractivity (Wildman–Crippen MR) is 124 cm³/mol. The quantitative estimate of drug-likeness (QED) is 0.628. The van der Waals surface area contributed by atoms with Gasteiger partial charge in [-0.3, -0.25) is 4.79 Å². The van der Waals surface area contributed by atoms with Gasteiger partial charge in [0.1, 0.15) is 11.7 Å². The van der Waals surface area contributed by atoms with E-state index in [0.29, 0.717) is 25.0 Å². The Morgan fingerprint density at radius 1 is 1.17 bits per heavy atom. The first-order chi connectivity index (χ1) is 16.6. The maximum absolute atomic E-state index is 13.8. The summed E-state index contributed by atoms with van der Waals surface area (Å²) in [6.45, 7) is 7.58. The first-order valence-corrected chi connectivity index (χ1v) is 12.8. The van der Waals surface area contributed by atoms with Gasteiger partial charge in [0.05, 0.1) is 5.60 Å². The molecule has 7 rings (SSSR count). The minimum Gasteiger partial charge on any atom is -0.504 e. The van der Waals surface area contributed by atoms with Gasteiger partial charge in [-0.25, -0.2) is 0 Å². The Morgan fingerprint density at radius 2 is 1.86 bits per heavy atom.